The quantitative estimate of drug-likeness (QED) is 0.860. The maximum Gasteiger partial charge on any atom is 0.331 e. The van der Waals surface area contributed by atoms with Crippen LogP contribution in [0.15, 0.2) is 24.3 Å². The minimum absolute atomic E-state index is 0.242. The van der Waals surface area contributed by atoms with Crippen LogP contribution in [0.5, 0.6) is 0 Å². The monoisotopic (exact) mass is 310 g/mol. The minimum Gasteiger partial charge on any atom is -0.277 e. The summed E-state index contributed by atoms with van der Waals surface area (Å²) in [6.45, 7) is 1.73. The molecule has 1 aliphatic heterocycles. The molecule has 1 aliphatic rings. The van der Waals surface area contributed by atoms with Gasteiger partial charge < -0.3 is 0 Å². The van der Waals surface area contributed by atoms with Gasteiger partial charge in [-0.3, -0.25) is 19.8 Å². The number of carbonyl (C=O) groups excluding carboxylic acids is 3. The number of amides is 4. The number of nitrogens with one attached hydrogen (secondary N) is 1. The Labute approximate surface area is 125 Å². The Kier molecular flexibility index (Phi) is 4.62. The van der Waals surface area contributed by atoms with E-state index in [-0.39, 0.29) is 11.6 Å². The third kappa shape index (κ3) is 3.07. The molecule has 1 saturated heterocycles. The minimum atomic E-state index is -1.19. The van der Waals surface area contributed by atoms with E-state index in [1.54, 1.807) is 6.92 Å². The van der Waals surface area contributed by atoms with E-state index in [2.05, 4.69) is 5.32 Å². The van der Waals surface area contributed by atoms with Gasteiger partial charge in [0.15, 0.2) is 0 Å². The van der Waals surface area contributed by atoms with E-state index in [1.807, 2.05) is 6.26 Å². The fraction of sp³-hybridized carbons (Fsp3) is 0.357. The van der Waals surface area contributed by atoms with Crippen molar-refractivity contribution in [3.63, 3.8) is 0 Å². The summed E-state index contributed by atoms with van der Waals surface area (Å²) in [7, 11) is 0. The molecule has 2 rings (SSSR count). The van der Waals surface area contributed by atoms with Gasteiger partial charge in [0.25, 0.3) is 0 Å². The number of imide groups is 2. The standard InChI is InChI=1S/C14H15FN2O3S/c1-8(7-21-2)17-13(19)11(12(18)16-14(17)20)9-4-3-5-10(15)6-9/h3-6,8,11H,7H2,1-2H3,(H,16,18,20). The first kappa shape index (κ1) is 15.5. The highest BCUT2D eigenvalue weighted by Gasteiger charge is 2.43. The predicted octanol–water partition coefficient (Wildman–Crippen LogP) is 1.74. The van der Waals surface area contributed by atoms with E-state index in [4.69, 9.17) is 0 Å². The number of halogens is 1. The molecule has 1 heterocycles. The lowest BCUT2D eigenvalue weighted by Gasteiger charge is -2.34. The average Bonchev–Trinajstić information content (AvgIpc) is 2.38. The zero-order chi connectivity index (χ0) is 15.6. The van der Waals surface area contributed by atoms with Crippen molar-refractivity contribution in [2.24, 2.45) is 0 Å². The molecule has 0 radical (unpaired) electrons. The van der Waals surface area contributed by atoms with Gasteiger partial charge in [0, 0.05) is 11.8 Å². The van der Waals surface area contributed by atoms with Crippen LogP contribution in [0.25, 0.3) is 0 Å². The van der Waals surface area contributed by atoms with Crippen LogP contribution in [-0.4, -0.2) is 40.8 Å². The summed E-state index contributed by atoms with van der Waals surface area (Å²) >= 11 is 1.49. The molecule has 0 spiro atoms. The van der Waals surface area contributed by atoms with Crippen molar-refractivity contribution in [2.45, 2.75) is 18.9 Å². The second-order valence-corrected chi connectivity index (χ2v) is 5.71. The van der Waals surface area contributed by atoms with Gasteiger partial charge in [-0.2, -0.15) is 11.8 Å². The number of hydrogen-bond donors (Lipinski definition) is 1. The molecule has 1 fully saturated rings. The molecule has 112 valence electrons. The molecule has 2 atom stereocenters. The van der Waals surface area contributed by atoms with Crippen LogP contribution < -0.4 is 5.32 Å². The van der Waals surface area contributed by atoms with E-state index in [0.717, 1.165) is 11.0 Å². The zero-order valence-corrected chi connectivity index (χ0v) is 12.4. The molecule has 1 aromatic carbocycles. The number of nitrogens with zero attached hydrogens (tertiary/aromatic N) is 1. The van der Waals surface area contributed by atoms with Gasteiger partial charge in [-0.15, -0.1) is 0 Å². The third-order valence-electron chi connectivity index (χ3n) is 3.23. The van der Waals surface area contributed by atoms with Crippen molar-refractivity contribution >= 4 is 29.6 Å². The highest BCUT2D eigenvalue weighted by Crippen LogP contribution is 2.25. The maximum atomic E-state index is 13.3. The Balaban J connectivity index is 2.35. The van der Waals surface area contributed by atoms with Gasteiger partial charge in [0.2, 0.25) is 11.8 Å². The summed E-state index contributed by atoms with van der Waals surface area (Å²) in [5, 5.41) is 2.16. The molecule has 7 heteroatoms. The molecule has 21 heavy (non-hydrogen) atoms. The van der Waals surface area contributed by atoms with Crippen LogP contribution in [-0.2, 0) is 9.59 Å². The molecular formula is C14H15FN2O3S. The van der Waals surface area contributed by atoms with Crippen LogP contribution in [0.1, 0.15) is 18.4 Å². The van der Waals surface area contributed by atoms with E-state index in [1.165, 1.54) is 30.0 Å². The molecule has 5 nitrogen and oxygen atoms in total. The number of barbiturate groups is 1. The highest BCUT2D eigenvalue weighted by atomic mass is 32.2. The van der Waals surface area contributed by atoms with Gasteiger partial charge >= 0.3 is 6.03 Å². The SMILES string of the molecule is CSCC(C)N1C(=O)NC(=O)C(c2cccc(F)c2)C1=O. The third-order valence-corrected chi connectivity index (χ3v) is 4.04. The van der Waals surface area contributed by atoms with Crippen LogP contribution in [0.3, 0.4) is 0 Å². The lowest BCUT2D eigenvalue weighted by Crippen LogP contribution is -2.59. The summed E-state index contributed by atoms with van der Waals surface area (Å²) in [5.41, 5.74) is 0.242. The van der Waals surface area contributed by atoms with Crippen molar-refractivity contribution in [3.8, 4) is 0 Å². The zero-order valence-electron chi connectivity index (χ0n) is 11.6. The average molecular weight is 310 g/mol. The number of urea groups is 1. The molecule has 0 aromatic heterocycles. The number of thioether (sulfide) groups is 1. The Hall–Kier alpha value is -1.89. The van der Waals surface area contributed by atoms with Gasteiger partial charge in [-0.1, -0.05) is 12.1 Å². The van der Waals surface area contributed by atoms with Crippen molar-refractivity contribution in [1.29, 1.82) is 0 Å². The number of benzene rings is 1. The summed E-state index contributed by atoms with van der Waals surface area (Å²) in [4.78, 5) is 37.3. The van der Waals surface area contributed by atoms with E-state index < -0.39 is 29.6 Å². The van der Waals surface area contributed by atoms with E-state index in [0.29, 0.717) is 5.75 Å². The van der Waals surface area contributed by atoms with Crippen molar-refractivity contribution < 1.29 is 18.8 Å². The largest absolute Gasteiger partial charge is 0.331 e. The normalized spacial score (nSPS) is 20.4. The Morgan fingerprint density at radius 2 is 2.10 bits per heavy atom. The van der Waals surface area contributed by atoms with E-state index in [9.17, 15) is 18.8 Å². The second kappa shape index (κ2) is 6.26. The number of rotatable bonds is 4. The molecule has 0 saturated carbocycles. The topological polar surface area (TPSA) is 66.5 Å². The fourth-order valence-electron chi connectivity index (χ4n) is 2.30. The Morgan fingerprint density at radius 3 is 2.71 bits per heavy atom. The van der Waals surface area contributed by atoms with E-state index >= 15 is 0 Å². The smallest absolute Gasteiger partial charge is 0.277 e. The molecule has 0 bridgehead atoms. The maximum absolute atomic E-state index is 13.3. The van der Waals surface area contributed by atoms with Gasteiger partial charge in [0.05, 0.1) is 0 Å². The first-order valence-corrected chi connectivity index (χ1v) is 7.77. The lowest BCUT2D eigenvalue weighted by atomic mass is 9.94. The molecular weight excluding hydrogens is 295 g/mol. The van der Waals surface area contributed by atoms with Gasteiger partial charge in [-0.25, -0.2) is 9.18 Å². The predicted molar refractivity (Wildman–Crippen MR) is 77.4 cm³/mol. The van der Waals surface area contributed by atoms with Crippen molar-refractivity contribution in [1.82, 2.24) is 10.2 Å². The number of hydrogen-bond acceptors (Lipinski definition) is 4. The molecule has 1 N–H and O–H groups in total. The van der Waals surface area contributed by atoms with Crippen molar-refractivity contribution in [2.75, 3.05) is 12.0 Å². The first-order valence-electron chi connectivity index (χ1n) is 6.38. The van der Waals surface area contributed by atoms with Crippen LogP contribution in [0.2, 0.25) is 0 Å². The summed E-state index contributed by atoms with van der Waals surface area (Å²) in [5.74, 6) is -2.50. The lowest BCUT2D eigenvalue weighted by molar-refractivity contribution is -0.139. The van der Waals surface area contributed by atoms with Gasteiger partial charge in [-0.05, 0) is 30.9 Å². The first-order chi connectivity index (χ1) is 9.95. The van der Waals surface area contributed by atoms with Gasteiger partial charge in [0.1, 0.15) is 11.7 Å². The fourth-order valence-corrected chi connectivity index (χ4v) is 2.93. The van der Waals surface area contributed by atoms with Crippen LogP contribution in [0, 0.1) is 5.82 Å². The second-order valence-electron chi connectivity index (χ2n) is 4.80. The molecule has 2 unspecified atom stereocenters. The molecule has 1 aromatic rings. The van der Waals surface area contributed by atoms with Crippen LogP contribution in [0.4, 0.5) is 9.18 Å². The number of carbonyl (C=O) groups is 3. The van der Waals surface area contributed by atoms with Crippen LogP contribution >= 0.6 is 11.8 Å². The highest BCUT2D eigenvalue weighted by molar-refractivity contribution is 7.98. The summed E-state index contributed by atoms with van der Waals surface area (Å²) < 4.78 is 13.3. The van der Waals surface area contributed by atoms with Crippen molar-refractivity contribution in [3.05, 3.63) is 35.6 Å². The molecule has 0 aliphatic carbocycles. The Bertz CT molecular complexity index is 593. The Morgan fingerprint density at radius 1 is 1.38 bits per heavy atom. The summed E-state index contributed by atoms with van der Waals surface area (Å²) in [6, 6.07) is 4.22. The molecule has 4 amide bonds. The summed E-state index contributed by atoms with van der Waals surface area (Å²) in [6.07, 6.45) is 1.86.